The molecule has 2 aliphatic heterocycles. The molecule has 9 heteroatoms. The van der Waals surface area contributed by atoms with Gasteiger partial charge in [0.1, 0.15) is 11.7 Å². The van der Waals surface area contributed by atoms with Gasteiger partial charge in [-0.25, -0.2) is 4.98 Å². The molecule has 1 aliphatic carbocycles. The molecule has 3 heterocycles. The van der Waals surface area contributed by atoms with Gasteiger partial charge in [-0.05, 0) is 61.6 Å². The van der Waals surface area contributed by atoms with Gasteiger partial charge < -0.3 is 29.1 Å². The summed E-state index contributed by atoms with van der Waals surface area (Å²) < 4.78 is 17.1. The third kappa shape index (κ3) is 5.00. The fraction of sp³-hybridized carbons (Fsp3) is 0.464. The number of carbonyl (C=O) groups excluding carboxylic acids is 2. The first-order valence-electron chi connectivity index (χ1n) is 12.8. The van der Waals surface area contributed by atoms with Gasteiger partial charge in [0.05, 0.1) is 19.2 Å². The molecule has 3 aliphatic rings. The lowest BCUT2D eigenvalue weighted by Gasteiger charge is -2.37. The molecule has 1 N–H and O–H groups in total. The monoisotopic (exact) mass is 507 g/mol. The van der Waals surface area contributed by atoms with Crippen LogP contribution >= 0.6 is 0 Å². The lowest BCUT2D eigenvalue weighted by atomic mass is 9.99. The second kappa shape index (κ2) is 10.4. The minimum atomic E-state index is -0.424. The molecule has 3 atom stereocenters. The molecule has 196 valence electrons. The molecule has 0 spiro atoms. The van der Waals surface area contributed by atoms with Gasteiger partial charge in [-0.2, -0.15) is 0 Å². The highest BCUT2D eigenvalue weighted by molar-refractivity contribution is 5.98. The van der Waals surface area contributed by atoms with Crippen LogP contribution in [0.4, 0.5) is 0 Å². The zero-order valence-electron chi connectivity index (χ0n) is 21.5. The van der Waals surface area contributed by atoms with E-state index in [1.165, 1.54) is 5.57 Å². The summed E-state index contributed by atoms with van der Waals surface area (Å²) in [6.45, 7) is 4.47. The molecule has 0 fully saturated rings. The van der Waals surface area contributed by atoms with Crippen molar-refractivity contribution in [3.63, 3.8) is 0 Å². The molecular weight excluding hydrogens is 474 g/mol. The molecule has 0 saturated heterocycles. The van der Waals surface area contributed by atoms with Crippen LogP contribution in [0, 0.1) is 5.92 Å². The number of rotatable bonds is 6. The van der Waals surface area contributed by atoms with Crippen LogP contribution in [0.25, 0.3) is 5.57 Å². The minimum absolute atomic E-state index is 0.128. The molecule has 2 aromatic rings. The Morgan fingerprint density at radius 2 is 2.08 bits per heavy atom. The van der Waals surface area contributed by atoms with E-state index in [1.54, 1.807) is 41.2 Å². The number of aromatic nitrogens is 1. The van der Waals surface area contributed by atoms with E-state index in [2.05, 4.69) is 11.1 Å². The number of nitrogens with zero attached hydrogens (tertiary/aromatic N) is 3. The summed E-state index contributed by atoms with van der Waals surface area (Å²) in [5.41, 5.74) is 2.98. The first-order chi connectivity index (χ1) is 17.9. The van der Waals surface area contributed by atoms with Crippen molar-refractivity contribution < 1.29 is 28.9 Å². The number of pyridine rings is 1. The van der Waals surface area contributed by atoms with E-state index in [9.17, 15) is 14.7 Å². The second-order valence-corrected chi connectivity index (χ2v) is 10.1. The Balaban J connectivity index is 1.42. The van der Waals surface area contributed by atoms with Crippen molar-refractivity contribution in [2.24, 2.45) is 5.92 Å². The predicted molar refractivity (Wildman–Crippen MR) is 137 cm³/mol. The van der Waals surface area contributed by atoms with Crippen LogP contribution in [0.5, 0.6) is 17.4 Å². The van der Waals surface area contributed by atoms with Crippen molar-refractivity contribution in [3.8, 4) is 17.4 Å². The smallest absolute Gasteiger partial charge is 0.259 e. The number of hydrogen-bond donors (Lipinski definition) is 1. The van der Waals surface area contributed by atoms with E-state index < -0.39 is 6.10 Å². The molecule has 9 nitrogen and oxygen atoms in total. The maximum Gasteiger partial charge on any atom is 0.259 e. The second-order valence-electron chi connectivity index (χ2n) is 10.1. The molecule has 1 aromatic carbocycles. The number of hydrogen-bond acceptors (Lipinski definition) is 7. The Morgan fingerprint density at radius 1 is 1.27 bits per heavy atom. The maximum atomic E-state index is 13.6. The van der Waals surface area contributed by atoms with Crippen molar-refractivity contribution in [2.45, 2.75) is 45.3 Å². The molecule has 0 bridgehead atoms. The van der Waals surface area contributed by atoms with Crippen LogP contribution in [0.3, 0.4) is 0 Å². The normalized spacial score (nSPS) is 21.5. The van der Waals surface area contributed by atoms with E-state index in [1.807, 2.05) is 19.9 Å². The molecule has 0 radical (unpaired) electrons. The Kier molecular flexibility index (Phi) is 7.06. The van der Waals surface area contributed by atoms with Gasteiger partial charge in [-0.15, -0.1) is 0 Å². The zero-order chi connectivity index (χ0) is 26.1. The predicted octanol–water partition coefficient (Wildman–Crippen LogP) is 3.37. The Bertz CT molecular complexity index is 1230. The Morgan fingerprint density at radius 3 is 2.84 bits per heavy atom. The summed E-state index contributed by atoms with van der Waals surface area (Å²) in [6, 6.07) is 6.62. The van der Waals surface area contributed by atoms with Crippen LogP contribution in [-0.2, 0) is 0 Å². The molecule has 2 amide bonds. The number of aliphatic hydroxyl groups is 1. The highest BCUT2D eigenvalue weighted by Crippen LogP contribution is 2.34. The molecule has 37 heavy (non-hydrogen) atoms. The average Bonchev–Trinajstić information content (AvgIpc) is 3.61. The quantitative estimate of drug-likeness (QED) is 0.640. The molecule has 0 unspecified atom stereocenters. The number of allylic oxidation sites excluding steroid dienone is 2. The van der Waals surface area contributed by atoms with Crippen molar-refractivity contribution in [2.75, 3.05) is 33.5 Å². The maximum absolute atomic E-state index is 13.6. The molecule has 0 saturated carbocycles. The molecule has 5 rings (SSSR count). The standard InChI is InChI=1S/C28H33N3O6/c1-17-13-31(18(2)15-32)28(34)22-10-21(19-6-4-5-7-19)12-29-26(22)37-25(17)14-30(3)27(33)20-8-9-23-24(11-20)36-16-35-23/h6,8-12,17-18,25,32H,4-5,7,13-16H2,1-3H3/t17-,18+,25-/m1/s1. The van der Waals surface area contributed by atoms with E-state index in [0.29, 0.717) is 29.2 Å². The summed E-state index contributed by atoms with van der Waals surface area (Å²) >= 11 is 0. The Hall–Kier alpha value is -3.59. The lowest BCUT2D eigenvalue weighted by molar-refractivity contribution is 0.0313. The van der Waals surface area contributed by atoms with Crippen LogP contribution < -0.4 is 14.2 Å². The summed E-state index contributed by atoms with van der Waals surface area (Å²) in [5, 5.41) is 9.88. The lowest BCUT2D eigenvalue weighted by Crippen LogP contribution is -2.50. The number of amides is 2. The van der Waals surface area contributed by atoms with Crippen molar-refractivity contribution in [1.29, 1.82) is 0 Å². The first kappa shape index (κ1) is 25.1. The summed E-state index contributed by atoms with van der Waals surface area (Å²) in [5.74, 6) is 0.909. The van der Waals surface area contributed by atoms with Crippen LogP contribution in [0.1, 0.15) is 59.4 Å². The summed E-state index contributed by atoms with van der Waals surface area (Å²) in [4.78, 5) is 34.7. The fourth-order valence-electron chi connectivity index (χ4n) is 5.03. The zero-order valence-corrected chi connectivity index (χ0v) is 21.5. The van der Waals surface area contributed by atoms with Gasteiger partial charge in [-0.1, -0.05) is 13.0 Å². The first-order valence-corrected chi connectivity index (χ1v) is 12.8. The van der Waals surface area contributed by atoms with Gasteiger partial charge in [0.2, 0.25) is 12.7 Å². The molecule has 1 aromatic heterocycles. The summed E-state index contributed by atoms with van der Waals surface area (Å²) in [7, 11) is 1.73. The van der Waals surface area contributed by atoms with Gasteiger partial charge in [0.25, 0.3) is 11.8 Å². The largest absolute Gasteiger partial charge is 0.472 e. The van der Waals surface area contributed by atoms with Gasteiger partial charge >= 0.3 is 0 Å². The summed E-state index contributed by atoms with van der Waals surface area (Å²) in [6.07, 6.45) is 6.59. The third-order valence-electron chi connectivity index (χ3n) is 7.35. The number of likely N-dealkylation sites (N-methyl/N-ethyl adjacent to an activating group) is 1. The Labute approximate surface area is 216 Å². The van der Waals surface area contributed by atoms with E-state index in [0.717, 1.165) is 24.8 Å². The van der Waals surface area contributed by atoms with E-state index >= 15 is 0 Å². The minimum Gasteiger partial charge on any atom is -0.472 e. The topological polar surface area (TPSA) is 101 Å². The van der Waals surface area contributed by atoms with E-state index in [4.69, 9.17) is 14.2 Å². The number of fused-ring (bicyclic) bond motifs is 2. The number of aliphatic hydroxyl groups excluding tert-OH is 1. The number of benzene rings is 1. The highest BCUT2D eigenvalue weighted by Gasteiger charge is 2.35. The van der Waals surface area contributed by atoms with Crippen molar-refractivity contribution >= 4 is 17.4 Å². The van der Waals surface area contributed by atoms with Crippen LogP contribution in [0.15, 0.2) is 36.5 Å². The van der Waals surface area contributed by atoms with Gasteiger partial charge in [0.15, 0.2) is 11.5 Å². The average molecular weight is 508 g/mol. The number of carbonyl (C=O) groups is 2. The SMILES string of the molecule is C[C@@H]1CN([C@@H](C)CO)C(=O)c2cc(C3=CCCC3)cnc2O[C@@H]1CN(C)C(=O)c1ccc2c(c1)OCO2. The van der Waals surface area contributed by atoms with Crippen molar-refractivity contribution in [1.82, 2.24) is 14.8 Å². The van der Waals surface area contributed by atoms with Crippen LogP contribution in [-0.4, -0.2) is 77.4 Å². The fourth-order valence-corrected chi connectivity index (χ4v) is 5.03. The van der Waals surface area contributed by atoms with Crippen LogP contribution in [0.2, 0.25) is 0 Å². The number of ether oxygens (including phenoxy) is 3. The van der Waals surface area contributed by atoms with Gasteiger partial charge in [0, 0.05) is 31.3 Å². The van der Waals surface area contributed by atoms with E-state index in [-0.39, 0.29) is 49.6 Å². The highest BCUT2D eigenvalue weighted by atomic mass is 16.7. The molecular formula is C28H33N3O6. The van der Waals surface area contributed by atoms with Crippen molar-refractivity contribution in [3.05, 3.63) is 53.2 Å². The van der Waals surface area contributed by atoms with Gasteiger partial charge in [-0.3, -0.25) is 9.59 Å². The third-order valence-corrected chi connectivity index (χ3v) is 7.35.